The van der Waals surface area contributed by atoms with Gasteiger partial charge in [-0.2, -0.15) is 0 Å². The molecule has 0 bridgehead atoms. The molecule has 1 amide bonds. The van der Waals surface area contributed by atoms with Gasteiger partial charge in [0.2, 0.25) is 5.91 Å². The van der Waals surface area contributed by atoms with Crippen molar-refractivity contribution in [3.63, 3.8) is 0 Å². The Balaban J connectivity index is 1.93. The average molecular weight is 290 g/mol. The third kappa shape index (κ3) is 4.03. The van der Waals surface area contributed by atoms with Gasteiger partial charge in [0, 0.05) is 26.0 Å². The number of rotatable bonds is 5. The first-order valence-corrected chi connectivity index (χ1v) is 7.46. The molecular formula is C16H22N2O3. The molecule has 21 heavy (non-hydrogen) atoms. The van der Waals surface area contributed by atoms with Crippen molar-refractivity contribution in [2.45, 2.75) is 32.1 Å². The van der Waals surface area contributed by atoms with Crippen molar-refractivity contribution >= 4 is 11.9 Å². The number of amides is 1. The van der Waals surface area contributed by atoms with Gasteiger partial charge in [0.1, 0.15) is 0 Å². The molecule has 1 saturated carbocycles. The number of carbonyl (C=O) groups is 2. The molecule has 5 nitrogen and oxygen atoms in total. The van der Waals surface area contributed by atoms with Crippen molar-refractivity contribution in [3.8, 4) is 0 Å². The van der Waals surface area contributed by atoms with Crippen LogP contribution >= 0.6 is 0 Å². The number of hydrogen-bond donors (Lipinski definition) is 1. The lowest BCUT2D eigenvalue weighted by molar-refractivity contribution is -0.151. The van der Waals surface area contributed by atoms with Gasteiger partial charge in [-0.1, -0.05) is 12.8 Å². The number of carbonyl (C=O) groups excluding carboxylic acids is 1. The van der Waals surface area contributed by atoms with Crippen molar-refractivity contribution in [1.82, 2.24) is 9.88 Å². The Kier molecular flexibility index (Phi) is 5.31. The highest BCUT2D eigenvalue weighted by molar-refractivity contribution is 5.84. The van der Waals surface area contributed by atoms with E-state index in [0.717, 1.165) is 24.8 Å². The van der Waals surface area contributed by atoms with Crippen LogP contribution < -0.4 is 0 Å². The molecule has 1 fully saturated rings. The summed E-state index contributed by atoms with van der Waals surface area (Å²) in [6.07, 6.45) is 7.38. The smallest absolute Gasteiger partial charge is 0.307 e. The maximum absolute atomic E-state index is 12.5. The number of carboxylic acid groups (broad SMARTS) is 1. The fraction of sp³-hybridized carbons (Fsp3) is 0.562. The highest BCUT2D eigenvalue weighted by Crippen LogP contribution is 2.31. The number of aliphatic carboxylic acids is 1. The van der Waals surface area contributed by atoms with Crippen LogP contribution in [0.1, 0.15) is 31.2 Å². The molecule has 0 spiro atoms. The van der Waals surface area contributed by atoms with E-state index in [-0.39, 0.29) is 11.8 Å². The minimum atomic E-state index is -0.837. The average Bonchev–Trinajstić information content (AvgIpc) is 2.52. The monoisotopic (exact) mass is 290 g/mol. The summed E-state index contributed by atoms with van der Waals surface area (Å²) in [6, 6.07) is 3.86. The van der Waals surface area contributed by atoms with E-state index >= 15 is 0 Å². The largest absolute Gasteiger partial charge is 0.481 e. The predicted octanol–water partition coefficient (Wildman–Crippen LogP) is 1.97. The number of hydrogen-bond acceptors (Lipinski definition) is 3. The summed E-state index contributed by atoms with van der Waals surface area (Å²) >= 11 is 0. The summed E-state index contributed by atoms with van der Waals surface area (Å²) < 4.78 is 0. The molecule has 1 aromatic rings. The Labute approximate surface area is 125 Å². The molecule has 1 aromatic heterocycles. The van der Waals surface area contributed by atoms with Gasteiger partial charge < -0.3 is 10.0 Å². The zero-order chi connectivity index (χ0) is 15.2. The van der Waals surface area contributed by atoms with Crippen molar-refractivity contribution in [1.29, 1.82) is 0 Å². The SMILES string of the molecule is CN(CCc1ccncc1)C(=O)[C@@H]1CCCC[C@@H]1C(=O)O. The lowest BCUT2D eigenvalue weighted by Crippen LogP contribution is -2.41. The molecule has 0 aliphatic heterocycles. The van der Waals surface area contributed by atoms with Crippen LogP contribution in [0.15, 0.2) is 24.5 Å². The van der Waals surface area contributed by atoms with Gasteiger partial charge in [-0.3, -0.25) is 14.6 Å². The fourth-order valence-electron chi connectivity index (χ4n) is 2.96. The van der Waals surface area contributed by atoms with Crippen LogP contribution in [0.5, 0.6) is 0 Å². The molecule has 1 aliphatic rings. The van der Waals surface area contributed by atoms with Crippen LogP contribution in [-0.2, 0) is 16.0 Å². The summed E-state index contributed by atoms with van der Waals surface area (Å²) in [5.41, 5.74) is 1.13. The van der Waals surface area contributed by atoms with Gasteiger partial charge in [-0.05, 0) is 37.0 Å². The standard InChI is InChI=1S/C16H22N2O3/c1-18(11-8-12-6-9-17-10-7-12)15(19)13-4-2-3-5-14(13)16(20)21/h6-7,9-10,13-14H,2-5,8,11H2,1H3,(H,20,21)/t13-,14+/m1/s1. The minimum absolute atomic E-state index is 0.0313. The summed E-state index contributed by atoms with van der Waals surface area (Å²) in [6.45, 7) is 0.603. The van der Waals surface area contributed by atoms with Crippen molar-refractivity contribution in [2.24, 2.45) is 11.8 Å². The second-order valence-corrected chi connectivity index (χ2v) is 5.70. The molecule has 1 aliphatic carbocycles. The molecule has 0 saturated heterocycles. The molecule has 0 aromatic carbocycles. The van der Waals surface area contributed by atoms with Gasteiger partial charge in [0.15, 0.2) is 0 Å². The highest BCUT2D eigenvalue weighted by Gasteiger charge is 2.36. The number of pyridine rings is 1. The topological polar surface area (TPSA) is 70.5 Å². The highest BCUT2D eigenvalue weighted by atomic mass is 16.4. The van der Waals surface area contributed by atoms with Crippen LogP contribution in [0.2, 0.25) is 0 Å². The first kappa shape index (κ1) is 15.5. The van der Waals surface area contributed by atoms with E-state index in [1.54, 1.807) is 24.3 Å². The maximum atomic E-state index is 12.5. The van der Waals surface area contributed by atoms with Crippen LogP contribution in [0.3, 0.4) is 0 Å². The quantitative estimate of drug-likeness (QED) is 0.900. The molecule has 114 valence electrons. The lowest BCUT2D eigenvalue weighted by atomic mass is 9.78. The molecule has 2 rings (SSSR count). The Morgan fingerprint density at radius 3 is 2.48 bits per heavy atom. The second-order valence-electron chi connectivity index (χ2n) is 5.70. The van der Waals surface area contributed by atoms with E-state index in [1.807, 2.05) is 12.1 Å². The molecule has 0 unspecified atom stereocenters. The third-order valence-corrected chi connectivity index (χ3v) is 4.26. The van der Waals surface area contributed by atoms with E-state index in [2.05, 4.69) is 4.98 Å². The van der Waals surface area contributed by atoms with E-state index in [4.69, 9.17) is 0 Å². The molecular weight excluding hydrogens is 268 g/mol. The first-order chi connectivity index (χ1) is 10.1. The van der Waals surface area contributed by atoms with Crippen molar-refractivity contribution < 1.29 is 14.7 Å². The van der Waals surface area contributed by atoms with Gasteiger partial charge >= 0.3 is 5.97 Å². The molecule has 1 N–H and O–H groups in total. The van der Waals surface area contributed by atoms with Gasteiger partial charge in [0.05, 0.1) is 11.8 Å². The number of likely N-dealkylation sites (N-methyl/N-ethyl adjacent to an activating group) is 1. The lowest BCUT2D eigenvalue weighted by Gasteiger charge is -2.31. The predicted molar refractivity (Wildman–Crippen MR) is 78.7 cm³/mol. The fourth-order valence-corrected chi connectivity index (χ4v) is 2.96. The second kappa shape index (κ2) is 7.20. The summed E-state index contributed by atoms with van der Waals surface area (Å²) in [5, 5.41) is 9.27. The molecule has 2 atom stereocenters. The third-order valence-electron chi connectivity index (χ3n) is 4.26. The van der Waals surface area contributed by atoms with Crippen LogP contribution in [0.25, 0.3) is 0 Å². The maximum Gasteiger partial charge on any atom is 0.307 e. The molecule has 0 radical (unpaired) electrons. The normalized spacial score (nSPS) is 21.8. The Morgan fingerprint density at radius 2 is 1.86 bits per heavy atom. The van der Waals surface area contributed by atoms with Crippen molar-refractivity contribution in [3.05, 3.63) is 30.1 Å². The number of aromatic nitrogens is 1. The van der Waals surface area contributed by atoms with Gasteiger partial charge in [-0.25, -0.2) is 0 Å². The Bertz CT molecular complexity index is 490. The molecule has 1 heterocycles. The van der Waals surface area contributed by atoms with Crippen molar-refractivity contribution in [2.75, 3.05) is 13.6 Å². The van der Waals surface area contributed by atoms with Gasteiger partial charge in [-0.15, -0.1) is 0 Å². The molecule has 5 heteroatoms. The van der Waals surface area contributed by atoms with E-state index in [0.29, 0.717) is 19.4 Å². The first-order valence-electron chi connectivity index (χ1n) is 7.46. The van der Waals surface area contributed by atoms with Gasteiger partial charge in [0.25, 0.3) is 0 Å². The van der Waals surface area contributed by atoms with E-state index in [9.17, 15) is 14.7 Å². The van der Waals surface area contributed by atoms with Crippen LogP contribution in [0.4, 0.5) is 0 Å². The van der Waals surface area contributed by atoms with E-state index in [1.165, 1.54) is 0 Å². The van der Waals surface area contributed by atoms with E-state index < -0.39 is 11.9 Å². The number of carboxylic acids is 1. The van der Waals surface area contributed by atoms with Crippen LogP contribution in [-0.4, -0.2) is 40.5 Å². The minimum Gasteiger partial charge on any atom is -0.481 e. The number of nitrogens with zero attached hydrogens (tertiary/aromatic N) is 2. The van der Waals surface area contributed by atoms with Crippen LogP contribution in [0, 0.1) is 11.8 Å². The summed E-state index contributed by atoms with van der Waals surface area (Å²) in [5.74, 6) is -1.75. The zero-order valence-electron chi connectivity index (χ0n) is 12.4. The summed E-state index contributed by atoms with van der Waals surface area (Å²) in [4.78, 5) is 29.4. The Morgan fingerprint density at radius 1 is 1.24 bits per heavy atom. The Hall–Kier alpha value is -1.91. The summed E-state index contributed by atoms with van der Waals surface area (Å²) in [7, 11) is 1.76. The zero-order valence-corrected chi connectivity index (χ0v) is 12.4.